The number of alkyl carbamates (subject to hydrolysis) is 1. The number of carbonyl (C=O) groups is 3. The van der Waals surface area contributed by atoms with Crippen molar-refractivity contribution in [2.75, 3.05) is 11.9 Å². The number of hydrogen-bond donors (Lipinski definition) is 2. The van der Waals surface area contributed by atoms with E-state index in [1.807, 2.05) is 51.1 Å². The average molecular weight is 586 g/mol. The molecular weight excluding hydrogens is 538 g/mol. The highest BCUT2D eigenvalue weighted by atomic mass is 35.5. The zero-order valence-corrected chi connectivity index (χ0v) is 26.8. The second-order valence-corrected chi connectivity index (χ2v) is 12.3. The lowest BCUT2D eigenvalue weighted by molar-refractivity contribution is -0.140. The number of aryl methyl sites for hydroxylation is 3. The van der Waals surface area contributed by atoms with Crippen molar-refractivity contribution in [3.63, 3.8) is 0 Å². The summed E-state index contributed by atoms with van der Waals surface area (Å²) in [6, 6.07) is 9.48. The van der Waals surface area contributed by atoms with Gasteiger partial charge in [0.2, 0.25) is 5.91 Å². The van der Waals surface area contributed by atoms with E-state index in [-0.39, 0.29) is 11.8 Å². The molecule has 0 saturated heterocycles. The minimum absolute atomic E-state index is 0.359. The third-order valence-electron chi connectivity index (χ3n) is 6.90. The van der Waals surface area contributed by atoms with Gasteiger partial charge in [0.05, 0.1) is 10.7 Å². The number of nitrogens with zero attached hydrogens (tertiary/aromatic N) is 1. The van der Waals surface area contributed by atoms with Crippen LogP contribution in [0.4, 0.5) is 10.5 Å². The Bertz CT molecular complexity index is 1170. The summed E-state index contributed by atoms with van der Waals surface area (Å²) in [6.45, 7) is 15.2. The normalized spacial score (nSPS) is 12.8. The first-order valence-electron chi connectivity index (χ1n) is 14.7. The maximum atomic E-state index is 14.2. The van der Waals surface area contributed by atoms with Crippen LogP contribution < -0.4 is 10.6 Å². The van der Waals surface area contributed by atoms with Gasteiger partial charge in [0, 0.05) is 6.54 Å². The summed E-state index contributed by atoms with van der Waals surface area (Å²) in [4.78, 5) is 42.4. The van der Waals surface area contributed by atoms with Crippen LogP contribution >= 0.6 is 11.6 Å². The molecule has 0 aliphatic heterocycles. The van der Waals surface area contributed by atoms with Crippen molar-refractivity contribution < 1.29 is 19.1 Å². The lowest BCUT2D eigenvalue weighted by Crippen LogP contribution is -2.51. The number of halogens is 1. The molecule has 3 amide bonds. The van der Waals surface area contributed by atoms with Crippen LogP contribution in [-0.4, -0.2) is 41.0 Å². The molecule has 2 N–H and O–H groups in total. The molecule has 8 heteroatoms. The number of benzene rings is 2. The minimum Gasteiger partial charge on any atom is -0.444 e. The third-order valence-corrected chi connectivity index (χ3v) is 7.21. The van der Waals surface area contributed by atoms with E-state index in [9.17, 15) is 14.4 Å². The summed E-state index contributed by atoms with van der Waals surface area (Å²) in [5.41, 5.74) is 3.22. The lowest BCUT2D eigenvalue weighted by Gasteiger charge is -2.34. The van der Waals surface area contributed by atoms with Crippen LogP contribution in [0.5, 0.6) is 0 Å². The van der Waals surface area contributed by atoms with Gasteiger partial charge in [0.15, 0.2) is 0 Å². The second kappa shape index (κ2) is 15.8. The average Bonchev–Trinajstić information content (AvgIpc) is 2.87. The molecule has 0 aliphatic rings. The molecule has 0 aromatic heterocycles. The number of rotatable bonds is 13. The van der Waals surface area contributed by atoms with Gasteiger partial charge in [-0.3, -0.25) is 9.59 Å². The molecule has 7 nitrogen and oxygen atoms in total. The first-order valence-corrected chi connectivity index (χ1v) is 15.1. The second-order valence-electron chi connectivity index (χ2n) is 11.9. The largest absolute Gasteiger partial charge is 0.444 e. The topological polar surface area (TPSA) is 87.7 Å². The van der Waals surface area contributed by atoms with Gasteiger partial charge in [-0.2, -0.15) is 0 Å². The van der Waals surface area contributed by atoms with Crippen molar-refractivity contribution in [2.45, 2.75) is 112 Å². The van der Waals surface area contributed by atoms with E-state index in [1.165, 1.54) is 6.42 Å². The summed E-state index contributed by atoms with van der Waals surface area (Å²) in [5, 5.41) is 6.10. The SMILES string of the molecule is CCCCCCCCN(C(=O)C(C)NC(=O)OC(C)(C)C)C(C(=O)Nc1c(C)cccc1Cl)c1cc(C)ccc1C. The molecule has 0 fully saturated rings. The number of para-hydroxylation sites is 1. The number of amides is 3. The summed E-state index contributed by atoms with van der Waals surface area (Å²) in [6.07, 6.45) is 5.49. The van der Waals surface area contributed by atoms with Crippen molar-refractivity contribution in [3.05, 3.63) is 63.7 Å². The summed E-state index contributed by atoms with van der Waals surface area (Å²) < 4.78 is 5.39. The summed E-state index contributed by atoms with van der Waals surface area (Å²) in [7, 11) is 0. The fraction of sp³-hybridized carbons (Fsp3) is 0.545. The van der Waals surface area contributed by atoms with Crippen LogP contribution in [0.2, 0.25) is 5.02 Å². The highest BCUT2D eigenvalue weighted by Crippen LogP contribution is 2.31. The molecule has 2 aromatic carbocycles. The van der Waals surface area contributed by atoms with E-state index in [0.717, 1.165) is 54.4 Å². The monoisotopic (exact) mass is 585 g/mol. The number of anilines is 1. The van der Waals surface area contributed by atoms with Gasteiger partial charge in [-0.1, -0.05) is 86.5 Å². The van der Waals surface area contributed by atoms with Crippen LogP contribution in [0.25, 0.3) is 0 Å². The zero-order valence-electron chi connectivity index (χ0n) is 26.0. The standard InChI is InChI=1S/C33H48ClN3O4/c1-9-10-11-12-13-14-20-37(31(39)25(5)35-32(40)41-33(6,7)8)29(26-21-22(2)18-19-23(26)3)30(38)36-28-24(4)16-15-17-27(28)34/h15-19,21,25,29H,9-14,20H2,1-8H3,(H,35,40)(H,36,38). The highest BCUT2D eigenvalue weighted by molar-refractivity contribution is 6.34. The van der Waals surface area contributed by atoms with Crippen molar-refractivity contribution in [1.29, 1.82) is 0 Å². The maximum absolute atomic E-state index is 14.2. The molecule has 2 rings (SSSR count). The Hall–Kier alpha value is -3.06. The Morgan fingerprint density at radius 2 is 1.61 bits per heavy atom. The van der Waals surface area contributed by atoms with E-state index >= 15 is 0 Å². The molecule has 226 valence electrons. The molecule has 0 saturated carbocycles. The Balaban J connectivity index is 2.50. The molecule has 0 spiro atoms. The predicted octanol–water partition coefficient (Wildman–Crippen LogP) is 8.05. The summed E-state index contributed by atoms with van der Waals surface area (Å²) in [5.74, 6) is -0.722. The molecule has 0 bridgehead atoms. The quantitative estimate of drug-likeness (QED) is 0.233. The van der Waals surface area contributed by atoms with Gasteiger partial charge in [-0.15, -0.1) is 0 Å². The number of carbonyl (C=O) groups excluding carboxylic acids is 3. The van der Waals surface area contributed by atoms with Crippen molar-refractivity contribution in [3.8, 4) is 0 Å². The predicted molar refractivity (Wildman–Crippen MR) is 167 cm³/mol. The highest BCUT2D eigenvalue weighted by Gasteiger charge is 2.35. The third kappa shape index (κ3) is 10.7. The van der Waals surface area contributed by atoms with E-state index in [4.69, 9.17) is 16.3 Å². The fourth-order valence-electron chi connectivity index (χ4n) is 4.71. The van der Waals surface area contributed by atoms with Gasteiger partial charge in [0.25, 0.3) is 5.91 Å². The van der Waals surface area contributed by atoms with Gasteiger partial charge in [-0.25, -0.2) is 4.79 Å². The maximum Gasteiger partial charge on any atom is 0.408 e. The van der Waals surface area contributed by atoms with Crippen LogP contribution in [0.3, 0.4) is 0 Å². The van der Waals surface area contributed by atoms with E-state index in [1.54, 1.807) is 38.7 Å². The van der Waals surface area contributed by atoms with Crippen molar-refractivity contribution in [2.24, 2.45) is 0 Å². The van der Waals surface area contributed by atoms with Crippen molar-refractivity contribution in [1.82, 2.24) is 10.2 Å². The van der Waals surface area contributed by atoms with Gasteiger partial charge in [0.1, 0.15) is 17.7 Å². The van der Waals surface area contributed by atoms with Gasteiger partial charge >= 0.3 is 6.09 Å². The van der Waals surface area contributed by atoms with Crippen LogP contribution in [0.1, 0.15) is 101 Å². The zero-order chi connectivity index (χ0) is 30.7. The first-order chi connectivity index (χ1) is 19.2. The van der Waals surface area contributed by atoms with E-state index in [0.29, 0.717) is 17.3 Å². The fourth-order valence-corrected chi connectivity index (χ4v) is 4.98. The Morgan fingerprint density at radius 3 is 2.24 bits per heavy atom. The molecule has 2 unspecified atom stereocenters. The lowest BCUT2D eigenvalue weighted by atomic mass is 9.95. The number of unbranched alkanes of at least 4 members (excludes halogenated alkanes) is 5. The van der Waals surface area contributed by atoms with Gasteiger partial charge in [-0.05, 0) is 77.6 Å². The van der Waals surface area contributed by atoms with Crippen LogP contribution in [0, 0.1) is 20.8 Å². The molecule has 0 heterocycles. The van der Waals surface area contributed by atoms with E-state index < -0.39 is 23.8 Å². The van der Waals surface area contributed by atoms with Gasteiger partial charge < -0.3 is 20.3 Å². The van der Waals surface area contributed by atoms with Crippen molar-refractivity contribution >= 4 is 35.2 Å². The molecule has 2 aromatic rings. The summed E-state index contributed by atoms with van der Waals surface area (Å²) >= 11 is 6.47. The van der Waals surface area contributed by atoms with Crippen LogP contribution in [0.15, 0.2) is 36.4 Å². The molecule has 0 aliphatic carbocycles. The number of hydrogen-bond acceptors (Lipinski definition) is 4. The Labute approximate surface area is 251 Å². The molecular formula is C33H48ClN3O4. The van der Waals surface area contributed by atoms with Crippen LogP contribution in [-0.2, 0) is 14.3 Å². The Kier molecular flexibility index (Phi) is 13.2. The number of ether oxygens (including phenoxy) is 1. The number of nitrogens with one attached hydrogen (secondary N) is 2. The molecule has 41 heavy (non-hydrogen) atoms. The minimum atomic E-state index is -0.934. The smallest absolute Gasteiger partial charge is 0.408 e. The molecule has 0 radical (unpaired) electrons. The Morgan fingerprint density at radius 1 is 0.951 bits per heavy atom. The van der Waals surface area contributed by atoms with E-state index in [2.05, 4.69) is 17.6 Å². The molecule has 2 atom stereocenters. The first kappa shape index (κ1) is 34.1.